The fourth-order valence-corrected chi connectivity index (χ4v) is 7.96. The molecule has 5 aromatic carbocycles. The summed E-state index contributed by atoms with van der Waals surface area (Å²) in [6.07, 6.45) is 5.89. The lowest BCUT2D eigenvalue weighted by molar-refractivity contribution is 0.322. The first-order valence-electron chi connectivity index (χ1n) is 15.5. The molecule has 1 aliphatic heterocycles. The minimum absolute atomic E-state index is 0.0975. The van der Waals surface area contributed by atoms with E-state index in [1.165, 1.54) is 44.5 Å². The predicted molar refractivity (Wildman–Crippen MR) is 180 cm³/mol. The Kier molecular flexibility index (Phi) is 5.37. The Morgan fingerprint density at radius 3 is 1.77 bits per heavy atom. The largest absolute Gasteiger partial charge is 0.345 e. The lowest BCUT2D eigenvalue weighted by Gasteiger charge is -2.40. The van der Waals surface area contributed by atoms with E-state index in [0.717, 1.165) is 29.2 Å². The number of nitrogens with one attached hydrogen (secondary N) is 1. The Morgan fingerprint density at radius 1 is 0.614 bits per heavy atom. The molecule has 2 atom stereocenters. The van der Waals surface area contributed by atoms with Crippen LogP contribution < -0.4 is 5.32 Å². The number of allylic oxidation sites excluding steroid dienone is 3. The molecule has 1 heterocycles. The number of aliphatic imine (C=N–C) groups is 2. The van der Waals surface area contributed by atoms with Crippen molar-refractivity contribution in [2.45, 2.75) is 24.4 Å². The van der Waals surface area contributed by atoms with Gasteiger partial charge in [0.25, 0.3) is 0 Å². The van der Waals surface area contributed by atoms with Gasteiger partial charge in [-0.15, -0.1) is 0 Å². The maximum Gasteiger partial charge on any atom is 0.159 e. The van der Waals surface area contributed by atoms with Crippen molar-refractivity contribution in [1.82, 2.24) is 5.32 Å². The van der Waals surface area contributed by atoms with E-state index in [1.807, 2.05) is 12.1 Å². The second kappa shape index (κ2) is 9.36. The second-order valence-corrected chi connectivity index (χ2v) is 12.3. The third kappa shape index (κ3) is 3.44. The van der Waals surface area contributed by atoms with E-state index in [1.54, 1.807) is 0 Å². The molecule has 3 heteroatoms. The summed E-state index contributed by atoms with van der Waals surface area (Å²) in [6, 6.07) is 47.8. The van der Waals surface area contributed by atoms with Crippen molar-refractivity contribution in [3.63, 3.8) is 0 Å². The van der Waals surface area contributed by atoms with E-state index in [-0.39, 0.29) is 11.3 Å². The molecule has 1 spiro atoms. The number of benzene rings is 5. The molecule has 0 radical (unpaired) electrons. The fourth-order valence-electron chi connectivity index (χ4n) is 7.96. The smallest absolute Gasteiger partial charge is 0.159 e. The minimum Gasteiger partial charge on any atom is -0.345 e. The Bertz CT molecular complexity index is 2040. The molecule has 9 rings (SSSR count). The summed E-state index contributed by atoms with van der Waals surface area (Å²) >= 11 is 0. The molecule has 0 bridgehead atoms. The van der Waals surface area contributed by atoms with Crippen LogP contribution in [0, 0.1) is 5.92 Å². The first-order chi connectivity index (χ1) is 21.7. The summed E-state index contributed by atoms with van der Waals surface area (Å²) in [4.78, 5) is 10.5. The molecule has 0 aromatic heterocycles. The predicted octanol–water partition coefficient (Wildman–Crippen LogP) is 8.56. The van der Waals surface area contributed by atoms with Crippen LogP contribution >= 0.6 is 0 Å². The number of hydrogen-bond donors (Lipinski definition) is 1. The summed E-state index contributed by atoms with van der Waals surface area (Å²) < 4.78 is 0. The summed E-state index contributed by atoms with van der Waals surface area (Å²) in [5, 5.41) is 3.82. The normalized spacial score (nSPS) is 22.0. The van der Waals surface area contributed by atoms with E-state index >= 15 is 0 Å². The average molecular weight is 566 g/mol. The van der Waals surface area contributed by atoms with Gasteiger partial charge >= 0.3 is 0 Å². The van der Waals surface area contributed by atoms with Crippen LogP contribution in [0.25, 0.3) is 16.7 Å². The van der Waals surface area contributed by atoms with Crippen molar-refractivity contribution in [3.8, 4) is 11.1 Å². The zero-order valence-electron chi connectivity index (χ0n) is 24.5. The van der Waals surface area contributed by atoms with Crippen molar-refractivity contribution in [3.05, 3.63) is 185 Å². The van der Waals surface area contributed by atoms with Gasteiger partial charge in [0.15, 0.2) is 5.84 Å². The van der Waals surface area contributed by atoms with Gasteiger partial charge in [0.2, 0.25) is 0 Å². The molecular weight excluding hydrogens is 534 g/mol. The van der Waals surface area contributed by atoms with Gasteiger partial charge in [-0.2, -0.15) is 0 Å². The van der Waals surface area contributed by atoms with Gasteiger partial charge in [0, 0.05) is 17.0 Å². The van der Waals surface area contributed by atoms with Gasteiger partial charge in [-0.25, -0.2) is 9.98 Å². The monoisotopic (exact) mass is 565 g/mol. The third-order valence-electron chi connectivity index (χ3n) is 9.94. The topological polar surface area (TPSA) is 36.8 Å². The Labute approximate surface area is 258 Å². The van der Waals surface area contributed by atoms with Crippen molar-refractivity contribution in [2.75, 3.05) is 0 Å². The quantitative estimate of drug-likeness (QED) is 0.234. The Hall–Kier alpha value is -5.28. The number of nitrogens with zero attached hydrogens (tertiary/aromatic N) is 2. The zero-order chi connectivity index (χ0) is 29.3. The number of fused-ring (bicyclic) bond motifs is 10. The lowest BCUT2D eigenvalue weighted by Crippen LogP contribution is -2.53. The maximum absolute atomic E-state index is 5.39. The highest BCUT2D eigenvalue weighted by atomic mass is 15.2. The van der Waals surface area contributed by atoms with Gasteiger partial charge in [-0.05, 0) is 57.9 Å². The Balaban J connectivity index is 1.25. The van der Waals surface area contributed by atoms with Crippen molar-refractivity contribution in [2.24, 2.45) is 15.9 Å². The van der Waals surface area contributed by atoms with E-state index in [4.69, 9.17) is 9.98 Å². The lowest BCUT2D eigenvalue weighted by atomic mass is 9.68. The molecule has 2 unspecified atom stereocenters. The van der Waals surface area contributed by atoms with E-state index in [9.17, 15) is 0 Å². The molecular formula is C41H31N3. The fraction of sp³-hybridized carbons (Fsp3) is 0.122. The summed E-state index contributed by atoms with van der Waals surface area (Å²) in [5.74, 6) is 1.72. The van der Waals surface area contributed by atoms with Crippen molar-refractivity contribution >= 4 is 17.2 Å². The van der Waals surface area contributed by atoms with Gasteiger partial charge in [0.05, 0.1) is 5.41 Å². The van der Waals surface area contributed by atoms with E-state index in [0.29, 0.717) is 0 Å². The van der Waals surface area contributed by atoms with E-state index < -0.39 is 5.66 Å². The molecule has 210 valence electrons. The van der Waals surface area contributed by atoms with Crippen LogP contribution in [0.2, 0.25) is 0 Å². The molecule has 1 N–H and O–H groups in total. The van der Waals surface area contributed by atoms with Gasteiger partial charge in [0.1, 0.15) is 11.5 Å². The summed E-state index contributed by atoms with van der Waals surface area (Å²) in [5.41, 5.74) is 11.9. The molecule has 44 heavy (non-hydrogen) atoms. The molecule has 0 fully saturated rings. The Morgan fingerprint density at radius 2 is 1.14 bits per heavy atom. The molecule has 0 amide bonds. The molecule has 4 aliphatic rings. The molecule has 0 saturated heterocycles. The highest BCUT2D eigenvalue weighted by molar-refractivity contribution is 6.13. The van der Waals surface area contributed by atoms with Crippen molar-refractivity contribution in [1.29, 1.82) is 0 Å². The van der Waals surface area contributed by atoms with Gasteiger partial charge < -0.3 is 5.32 Å². The number of amidine groups is 2. The van der Waals surface area contributed by atoms with Crippen LogP contribution in [0.4, 0.5) is 0 Å². The third-order valence-corrected chi connectivity index (χ3v) is 9.94. The molecule has 5 aromatic rings. The first-order valence-corrected chi connectivity index (χ1v) is 15.5. The van der Waals surface area contributed by atoms with Crippen LogP contribution in [-0.4, -0.2) is 17.3 Å². The molecule has 0 saturated carbocycles. The average Bonchev–Trinajstić information content (AvgIpc) is 3.56. The number of rotatable bonds is 3. The highest BCUT2D eigenvalue weighted by Crippen LogP contribution is 2.64. The van der Waals surface area contributed by atoms with Crippen LogP contribution in [0.15, 0.2) is 161 Å². The first kappa shape index (κ1) is 25.2. The van der Waals surface area contributed by atoms with Crippen LogP contribution in [-0.2, 0) is 5.41 Å². The number of hydrogen-bond acceptors (Lipinski definition) is 3. The maximum atomic E-state index is 5.39. The van der Waals surface area contributed by atoms with Gasteiger partial charge in [-0.3, -0.25) is 0 Å². The van der Waals surface area contributed by atoms with Crippen molar-refractivity contribution < 1.29 is 0 Å². The second-order valence-electron chi connectivity index (χ2n) is 12.3. The highest BCUT2D eigenvalue weighted by Gasteiger charge is 2.54. The zero-order valence-corrected chi connectivity index (χ0v) is 24.5. The standard InChI is InChI=1S/C41H31N3/c1-40(43-38(27-14-4-2-5-15-27)42-39(44-40)28-16-6-3-7-17-28)29-24-25-33-32-20-10-13-23-36(32)41(37(33)26-29)34-21-11-8-18-30(34)31-19-9-12-22-35(31)41/h2-23,25-26,29H,24H2,1H3,(H,42,43,44). The summed E-state index contributed by atoms with van der Waals surface area (Å²) in [6.45, 7) is 2.24. The summed E-state index contributed by atoms with van der Waals surface area (Å²) in [7, 11) is 0. The SMILES string of the molecule is CC1(C2C=C3C(=CC2)c2ccccc2C32c3ccccc3-c3ccccc32)N=C(c2ccccc2)N=C(c2ccccc2)N1. The van der Waals surface area contributed by atoms with Gasteiger partial charge in [-0.1, -0.05) is 146 Å². The minimum atomic E-state index is -0.610. The van der Waals surface area contributed by atoms with Crippen LogP contribution in [0.3, 0.4) is 0 Å². The van der Waals surface area contributed by atoms with Crippen LogP contribution in [0.1, 0.15) is 46.7 Å². The molecule has 3 nitrogen and oxygen atoms in total. The van der Waals surface area contributed by atoms with Crippen LogP contribution in [0.5, 0.6) is 0 Å². The molecule has 3 aliphatic carbocycles. The van der Waals surface area contributed by atoms with E-state index in [2.05, 4.69) is 146 Å².